The second kappa shape index (κ2) is 9.59. The van der Waals surface area contributed by atoms with E-state index in [1.54, 1.807) is 38.4 Å². The molecular weight excluding hydrogens is 368 g/mol. The minimum atomic E-state index is -0.115. The smallest absolute Gasteiger partial charge is 0.259 e. The first-order chi connectivity index (χ1) is 14.0. The van der Waals surface area contributed by atoms with E-state index < -0.39 is 0 Å². The molecule has 3 aromatic rings. The van der Waals surface area contributed by atoms with Crippen molar-refractivity contribution in [2.45, 2.75) is 12.8 Å². The molecule has 0 saturated carbocycles. The maximum Gasteiger partial charge on any atom is 0.259 e. The molecule has 3 rings (SSSR count). The van der Waals surface area contributed by atoms with Crippen LogP contribution in [0.15, 0.2) is 71.1 Å². The molecule has 2 amide bonds. The van der Waals surface area contributed by atoms with Gasteiger partial charge in [0.05, 0.1) is 0 Å². The average Bonchev–Trinajstić information content (AvgIpc) is 3.21. The molecule has 0 aliphatic heterocycles. The number of anilines is 1. The molecular formula is C23H24N2O4. The summed E-state index contributed by atoms with van der Waals surface area (Å²) in [6.45, 7) is -0.0210. The Hall–Kier alpha value is -3.54. The highest BCUT2D eigenvalue weighted by molar-refractivity contribution is 5.90. The highest BCUT2D eigenvalue weighted by Gasteiger charge is 2.09. The third-order valence-corrected chi connectivity index (χ3v) is 4.32. The van der Waals surface area contributed by atoms with Crippen molar-refractivity contribution in [2.75, 3.05) is 26.0 Å². The van der Waals surface area contributed by atoms with Crippen molar-refractivity contribution >= 4 is 17.5 Å². The number of nitrogens with zero attached hydrogens (tertiary/aromatic N) is 1. The van der Waals surface area contributed by atoms with Gasteiger partial charge in [-0.1, -0.05) is 30.3 Å². The van der Waals surface area contributed by atoms with Crippen LogP contribution in [0.1, 0.15) is 12.2 Å². The zero-order valence-corrected chi connectivity index (χ0v) is 16.6. The predicted molar refractivity (Wildman–Crippen MR) is 112 cm³/mol. The lowest BCUT2D eigenvalue weighted by atomic mass is 10.2. The van der Waals surface area contributed by atoms with Gasteiger partial charge in [0.15, 0.2) is 6.61 Å². The largest absolute Gasteiger partial charge is 0.484 e. The first kappa shape index (κ1) is 20.2. The Morgan fingerprint density at radius 2 is 1.69 bits per heavy atom. The number of nitrogens with one attached hydrogen (secondary N) is 1. The van der Waals surface area contributed by atoms with Crippen molar-refractivity contribution in [1.82, 2.24) is 4.90 Å². The maximum atomic E-state index is 12.2. The SMILES string of the molecule is CN(C)C(=O)COc1ccc(NC(=O)CCc2ccc(-c3ccccc3)o2)cc1. The number of benzene rings is 2. The Labute approximate surface area is 170 Å². The quantitative estimate of drug-likeness (QED) is 0.629. The van der Waals surface area contributed by atoms with Crippen LogP contribution >= 0.6 is 0 Å². The molecule has 150 valence electrons. The fourth-order valence-electron chi connectivity index (χ4n) is 2.64. The van der Waals surface area contributed by atoms with E-state index in [4.69, 9.17) is 9.15 Å². The van der Waals surface area contributed by atoms with E-state index in [9.17, 15) is 9.59 Å². The normalized spacial score (nSPS) is 10.4. The molecule has 0 radical (unpaired) electrons. The molecule has 2 aromatic carbocycles. The van der Waals surface area contributed by atoms with E-state index in [2.05, 4.69) is 5.32 Å². The van der Waals surface area contributed by atoms with Gasteiger partial charge in [0.25, 0.3) is 5.91 Å². The molecule has 0 unspecified atom stereocenters. The van der Waals surface area contributed by atoms with Gasteiger partial charge < -0.3 is 19.4 Å². The van der Waals surface area contributed by atoms with E-state index in [0.717, 1.165) is 17.1 Å². The van der Waals surface area contributed by atoms with E-state index in [-0.39, 0.29) is 18.4 Å². The van der Waals surface area contributed by atoms with Crippen molar-refractivity contribution in [3.8, 4) is 17.1 Å². The molecule has 0 spiro atoms. The summed E-state index contributed by atoms with van der Waals surface area (Å²) >= 11 is 0. The summed E-state index contributed by atoms with van der Waals surface area (Å²) in [7, 11) is 3.35. The first-order valence-corrected chi connectivity index (χ1v) is 9.38. The van der Waals surface area contributed by atoms with Gasteiger partial charge >= 0.3 is 0 Å². The van der Waals surface area contributed by atoms with Crippen LogP contribution in [0.3, 0.4) is 0 Å². The second-order valence-corrected chi connectivity index (χ2v) is 6.78. The van der Waals surface area contributed by atoms with Gasteiger partial charge in [-0.25, -0.2) is 0 Å². The summed E-state index contributed by atoms with van der Waals surface area (Å²) in [6.07, 6.45) is 0.837. The average molecular weight is 392 g/mol. The number of carbonyl (C=O) groups excluding carboxylic acids is 2. The Balaban J connectivity index is 1.46. The van der Waals surface area contributed by atoms with Crippen molar-refractivity contribution in [1.29, 1.82) is 0 Å². The predicted octanol–water partition coefficient (Wildman–Crippen LogP) is 3.98. The van der Waals surface area contributed by atoms with Crippen molar-refractivity contribution in [2.24, 2.45) is 0 Å². The molecule has 0 aliphatic rings. The highest BCUT2D eigenvalue weighted by Crippen LogP contribution is 2.22. The molecule has 29 heavy (non-hydrogen) atoms. The van der Waals surface area contributed by atoms with Gasteiger partial charge in [-0.05, 0) is 36.4 Å². The number of rotatable bonds is 8. The van der Waals surface area contributed by atoms with E-state index in [1.807, 2.05) is 42.5 Å². The number of ether oxygens (including phenoxy) is 1. The Kier molecular flexibility index (Phi) is 6.68. The number of carbonyl (C=O) groups is 2. The number of amides is 2. The molecule has 0 bridgehead atoms. The van der Waals surface area contributed by atoms with Crippen LogP contribution < -0.4 is 10.1 Å². The topological polar surface area (TPSA) is 71.8 Å². The monoisotopic (exact) mass is 392 g/mol. The molecule has 1 aromatic heterocycles. The van der Waals surface area contributed by atoms with E-state index in [1.165, 1.54) is 4.90 Å². The molecule has 0 saturated heterocycles. The van der Waals surface area contributed by atoms with Crippen LogP contribution in [0.4, 0.5) is 5.69 Å². The van der Waals surface area contributed by atoms with Crippen LogP contribution in [0.25, 0.3) is 11.3 Å². The number of furan rings is 1. The van der Waals surface area contributed by atoms with Gasteiger partial charge in [0.2, 0.25) is 5.91 Å². The highest BCUT2D eigenvalue weighted by atomic mass is 16.5. The summed E-state index contributed by atoms with van der Waals surface area (Å²) in [5, 5.41) is 2.85. The second-order valence-electron chi connectivity index (χ2n) is 6.78. The lowest BCUT2D eigenvalue weighted by Gasteiger charge is -2.11. The van der Waals surface area contributed by atoms with Crippen LogP contribution in [0.5, 0.6) is 5.75 Å². The number of hydrogen-bond donors (Lipinski definition) is 1. The van der Waals surface area contributed by atoms with Gasteiger partial charge in [0.1, 0.15) is 17.3 Å². The van der Waals surface area contributed by atoms with Gasteiger partial charge in [-0.3, -0.25) is 9.59 Å². The summed E-state index contributed by atoms with van der Waals surface area (Å²) in [5.41, 5.74) is 1.68. The minimum absolute atomic E-state index is 0.0210. The number of hydrogen-bond acceptors (Lipinski definition) is 4. The zero-order valence-electron chi connectivity index (χ0n) is 16.6. The van der Waals surface area contributed by atoms with Crippen LogP contribution in [-0.4, -0.2) is 37.4 Å². The van der Waals surface area contributed by atoms with E-state index in [0.29, 0.717) is 24.3 Å². The molecule has 1 N–H and O–H groups in total. The lowest BCUT2D eigenvalue weighted by Crippen LogP contribution is -2.27. The van der Waals surface area contributed by atoms with Crippen LogP contribution in [0, 0.1) is 0 Å². The van der Waals surface area contributed by atoms with Crippen molar-refractivity contribution in [3.63, 3.8) is 0 Å². The van der Waals surface area contributed by atoms with Gasteiger partial charge in [0, 0.05) is 38.2 Å². The molecule has 1 heterocycles. The summed E-state index contributed by atoms with van der Waals surface area (Å²) in [4.78, 5) is 25.2. The Bertz CT molecular complexity index is 947. The zero-order chi connectivity index (χ0) is 20.6. The molecule has 6 heteroatoms. The molecule has 6 nitrogen and oxygen atoms in total. The third-order valence-electron chi connectivity index (χ3n) is 4.32. The van der Waals surface area contributed by atoms with Crippen LogP contribution in [0.2, 0.25) is 0 Å². The fourth-order valence-corrected chi connectivity index (χ4v) is 2.64. The fraction of sp³-hybridized carbons (Fsp3) is 0.217. The molecule has 0 fully saturated rings. The number of aryl methyl sites for hydroxylation is 1. The van der Waals surface area contributed by atoms with Crippen LogP contribution in [-0.2, 0) is 16.0 Å². The maximum absolute atomic E-state index is 12.2. The third kappa shape index (κ3) is 5.97. The molecule has 0 aliphatic carbocycles. The van der Waals surface area contributed by atoms with E-state index >= 15 is 0 Å². The standard InChI is InChI=1S/C23H24N2O4/c1-25(2)23(27)16-28-19-10-8-18(9-11-19)24-22(26)15-13-20-12-14-21(29-20)17-6-4-3-5-7-17/h3-12,14H,13,15-16H2,1-2H3,(H,24,26). The van der Waals surface area contributed by atoms with Gasteiger partial charge in [-0.2, -0.15) is 0 Å². The Morgan fingerprint density at radius 1 is 0.966 bits per heavy atom. The summed E-state index contributed by atoms with van der Waals surface area (Å²) < 4.78 is 11.2. The number of likely N-dealkylation sites (N-methyl/N-ethyl adjacent to an activating group) is 1. The van der Waals surface area contributed by atoms with Crippen molar-refractivity contribution < 1.29 is 18.7 Å². The van der Waals surface area contributed by atoms with Gasteiger partial charge in [-0.15, -0.1) is 0 Å². The molecule has 0 atom stereocenters. The minimum Gasteiger partial charge on any atom is -0.484 e. The Morgan fingerprint density at radius 3 is 2.38 bits per heavy atom. The summed E-state index contributed by atoms with van der Waals surface area (Å²) in [6, 6.07) is 20.6. The lowest BCUT2D eigenvalue weighted by molar-refractivity contribution is -0.130. The summed E-state index contributed by atoms with van der Waals surface area (Å²) in [5.74, 6) is 1.93. The first-order valence-electron chi connectivity index (χ1n) is 9.38. The van der Waals surface area contributed by atoms with Crippen molar-refractivity contribution in [3.05, 3.63) is 72.5 Å².